The molecular formula is C13H17N3O3. The van der Waals surface area contributed by atoms with Crippen molar-refractivity contribution in [2.75, 3.05) is 20.2 Å². The first-order valence-corrected chi connectivity index (χ1v) is 6.10. The molecule has 1 saturated heterocycles. The van der Waals surface area contributed by atoms with Crippen molar-refractivity contribution in [3.63, 3.8) is 0 Å². The van der Waals surface area contributed by atoms with E-state index >= 15 is 0 Å². The number of nitrogens with one attached hydrogen (secondary N) is 3. The van der Waals surface area contributed by atoms with Crippen LogP contribution in [-0.4, -0.2) is 38.1 Å². The van der Waals surface area contributed by atoms with E-state index in [9.17, 15) is 9.59 Å². The average molecular weight is 263 g/mol. The van der Waals surface area contributed by atoms with E-state index in [0.29, 0.717) is 13.1 Å². The molecule has 6 heteroatoms. The van der Waals surface area contributed by atoms with Crippen molar-refractivity contribution >= 4 is 11.8 Å². The quantitative estimate of drug-likeness (QED) is 0.678. The Bertz CT molecular complexity index is 449. The summed E-state index contributed by atoms with van der Waals surface area (Å²) < 4.78 is 5.06. The highest BCUT2D eigenvalue weighted by Crippen LogP contribution is 2.10. The fraction of sp³-hybridized carbons (Fsp3) is 0.385. The van der Waals surface area contributed by atoms with Gasteiger partial charge in [0.2, 0.25) is 11.8 Å². The number of amides is 2. The number of carbonyl (C=O) groups is 2. The Morgan fingerprint density at radius 3 is 2.74 bits per heavy atom. The first-order valence-electron chi connectivity index (χ1n) is 6.10. The highest BCUT2D eigenvalue weighted by molar-refractivity contribution is 5.86. The van der Waals surface area contributed by atoms with Crippen LogP contribution in [0.1, 0.15) is 5.56 Å². The monoisotopic (exact) mass is 263 g/mol. The molecule has 6 nitrogen and oxygen atoms in total. The molecule has 1 heterocycles. The van der Waals surface area contributed by atoms with Gasteiger partial charge in [-0.05, 0) is 17.7 Å². The molecule has 1 unspecified atom stereocenters. The lowest BCUT2D eigenvalue weighted by Crippen LogP contribution is -2.57. The van der Waals surface area contributed by atoms with Crippen molar-refractivity contribution in [2.45, 2.75) is 12.6 Å². The zero-order valence-corrected chi connectivity index (χ0v) is 10.7. The molecule has 0 spiro atoms. The molecule has 2 rings (SSSR count). The summed E-state index contributed by atoms with van der Waals surface area (Å²) in [5.74, 6) is 0.585. The van der Waals surface area contributed by atoms with Gasteiger partial charge in [-0.2, -0.15) is 0 Å². The zero-order chi connectivity index (χ0) is 13.7. The number of benzene rings is 1. The van der Waals surface area contributed by atoms with Crippen LogP contribution >= 0.6 is 0 Å². The lowest BCUT2D eigenvalue weighted by atomic mass is 10.2. The maximum Gasteiger partial charge on any atom is 0.239 e. The van der Waals surface area contributed by atoms with Gasteiger partial charge in [-0.1, -0.05) is 12.1 Å². The summed E-state index contributed by atoms with van der Waals surface area (Å²) in [4.78, 5) is 22.8. The molecule has 0 saturated carbocycles. The number of carbonyl (C=O) groups excluding carboxylic acids is 2. The van der Waals surface area contributed by atoms with Gasteiger partial charge in [0.1, 0.15) is 11.8 Å². The van der Waals surface area contributed by atoms with E-state index in [1.54, 1.807) is 7.11 Å². The standard InChI is InChI=1S/C13H17N3O3/c1-19-10-4-2-9(3-5-10)6-16-13(18)11-7-15-12(17)8-14-11/h2-5,11,14H,6-8H2,1H3,(H,15,17)(H,16,18). The van der Waals surface area contributed by atoms with Crippen LogP contribution in [0.4, 0.5) is 0 Å². The molecular weight excluding hydrogens is 246 g/mol. The van der Waals surface area contributed by atoms with Crippen molar-refractivity contribution in [3.8, 4) is 5.75 Å². The minimum atomic E-state index is -0.365. The summed E-state index contributed by atoms with van der Waals surface area (Å²) in [5, 5.41) is 8.35. The van der Waals surface area contributed by atoms with Crippen molar-refractivity contribution in [3.05, 3.63) is 29.8 Å². The van der Waals surface area contributed by atoms with Gasteiger partial charge in [0, 0.05) is 13.1 Å². The fourth-order valence-corrected chi connectivity index (χ4v) is 1.81. The Morgan fingerprint density at radius 2 is 2.16 bits per heavy atom. The van der Waals surface area contributed by atoms with Crippen LogP contribution in [-0.2, 0) is 16.1 Å². The van der Waals surface area contributed by atoms with Gasteiger partial charge in [0.05, 0.1) is 13.7 Å². The molecule has 0 aliphatic carbocycles. The van der Waals surface area contributed by atoms with Crippen LogP contribution in [0.2, 0.25) is 0 Å². The predicted octanol–water partition coefficient (Wildman–Crippen LogP) is -0.601. The maximum atomic E-state index is 11.9. The number of methoxy groups -OCH3 is 1. The van der Waals surface area contributed by atoms with Gasteiger partial charge in [-0.25, -0.2) is 0 Å². The molecule has 1 aromatic rings. The third-order valence-electron chi connectivity index (χ3n) is 2.95. The summed E-state index contributed by atoms with van der Waals surface area (Å²) in [6, 6.07) is 7.13. The van der Waals surface area contributed by atoms with Crippen molar-refractivity contribution in [2.24, 2.45) is 0 Å². The van der Waals surface area contributed by atoms with E-state index in [0.717, 1.165) is 11.3 Å². The summed E-state index contributed by atoms with van der Waals surface area (Å²) in [6.45, 7) is 0.961. The normalized spacial score (nSPS) is 18.6. The average Bonchev–Trinajstić information content (AvgIpc) is 2.46. The molecule has 0 bridgehead atoms. The molecule has 1 aliphatic heterocycles. The number of rotatable bonds is 4. The minimum absolute atomic E-state index is 0.0841. The first kappa shape index (κ1) is 13.4. The predicted molar refractivity (Wildman–Crippen MR) is 69.6 cm³/mol. The number of piperazine rings is 1. The maximum absolute atomic E-state index is 11.9. The van der Waals surface area contributed by atoms with Crippen LogP contribution < -0.4 is 20.7 Å². The number of ether oxygens (including phenoxy) is 1. The molecule has 1 aromatic carbocycles. The Morgan fingerprint density at radius 1 is 1.42 bits per heavy atom. The molecule has 0 radical (unpaired) electrons. The molecule has 3 N–H and O–H groups in total. The zero-order valence-electron chi connectivity index (χ0n) is 10.7. The van der Waals surface area contributed by atoms with E-state index in [-0.39, 0.29) is 24.4 Å². The summed E-state index contributed by atoms with van der Waals surface area (Å²) >= 11 is 0. The van der Waals surface area contributed by atoms with Crippen molar-refractivity contribution in [1.29, 1.82) is 0 Å². The van der Waals surface area contributed by atoms with Crippen molar-refractivity contribution < 1.29 is 14.3 Å². The third-order valence-corrected chi connectivity index (χ3v) is 2.95. The van der Waals surface area contributed by atoms with Gasteiger partial charge in [0.25, 0.3) is 0 Å². The highest BCUT2D eigenvalue weighted by Gasteiger charge is 2.23. The lowest BCUT2D eigenvalue weighted by Gasteiger charge is -2.23. The summed E-state index contributed by atoms with van der Waals surface area (Å²) in [7, 11) is 1.61. The molecule has 102 valence electrons. The van der Waals surface area contributed by atoms with Gasteiger partial charge in [-0.15, -0.1) is 0 Å². The second-order valence-electron chi connectivity index (χ2n) is 4.30. The van der Waals surface area contributed by atoms with E-state index in [1.165, 1.54) is 0 Å². The van der Waals surface area contributed by atoms with Gasteiger partial charge in [-0.3, -0.25) is 14.9 Å². The Kier molecular flexibility index (Phi) is 4.35. The first-order chi connectivity index (χ1) is 9.19. The van der Waals surface area contributed by atoms with Crippen LogP contribution in [0, 0.1) is 0 Å². The van der Waals surface area contributed by atoms with E-state index in [1.807, 2.05) is 24.3 Å². The minimum Gasteiger partial charge on any atom is -0.497 e. The summed E-state index contributed by atoms with van der Waals surface area (Å²) in [6.07, 6.45) is 0. The molecule has 1 atom stereocenters. The van der Waals surface area contributed by atoms with E-state index in [2.05, 4.69) is 16.0 Å². The molecule has 1 aliphatic rings. The smallest absolute Gasteiger partial charge is 0.239 e. The van der Waals surface area contributed by atoms with E-state index < -0.39 is 0 Å². The second kappa shape index (κ2) is 6.19. The van der Waals surface area contributed by atoms with Crippen LogP contribution in [0.15, 0.2) is 24.3 Å². The fourth-order valence-electron chi connectivity index (χ4n) is 1.81. The topological polar surface area (TPSA) is 79.5 Å². The largest absolute Gasteiger partial charge is 0.497 e. The van der Waals surface area contributed by atoms with Gasteiger partial charge < -0.3 is 15.4 Å². The third kappa shape index (κ3) is 3.69. The highest BCUT2D eigenvalue weighted by atomic mass is 16.5. The van der Waals surface area contributed by atoms with E-state index in [4.69, 9.17) is 4.74 Å². The Labute approximate surface area is 111 Å². The number of hydrogen-bond donors (Lipinski definition) is 3. The number of hydrogen-bond acceptors (Lipinski definition) is 4. The molecule has 1 fully saturated rings. The van der Waals surface area contributed by atoms with Crippen molar-refractivity contribution in [1.82, 2.24) is 16.0 Å². The summed E-state index contributed by atoms with van der Waals surface area (Å²) in [5.41, 5.74) is 0.994. The lowest BCUT2D eigenvalue weighted by molar-refractivity contribution is -0.126. The second-order valence-corrected chi connectivity index (χ2v) is 4.30. The molecule has 0 aromatic heterocycles. The SMILES string of the molecule is COc1ccc(CNC(=O)C2CNC(=O)CN2)cc1. The van der Waals surface area contributed by atoms with Crippen LogP contribution in [0.5, 0.6) is 5.75 Å². The molecule has 2 amide bonds. The van der Waals surface area contributed by atoms with Crippen LogP contribution in [0.25, 0.3) is 0 Å². The Balaban J connectivity index is 1.80. The van der Waals surface area contributed by atoms with Gasteiger partial charge >= 0.3 is 0 Å². The Hall–Kier alpha value is -2.08. The molecule has 19 heavy (non-hydrogen) atoms. The van der Waals surface area contributed by atoms with Gasteiger partial charge in [0.15, 0.2) is 0 Å². The van der Waals surface area contributed by atoms with Crippen LogP contribution in [0.3, 0.4) is 0 Å².